The van der Waals surface area contributed by atoms with E-state index in [-0.39, 0.29) is 30.0 Å². The van der Waals surface area contributed by atoms with Gasteiger partial charge in [0, 0.05) is 25.2 Å². The van der Waals surface area contributed by atoms with Crippen LogP contribution in [0.15, 0.2) is 24.3 Å². The van der Waals surface area contributed by atoms with E-state index in [1.54, 1.807) is 0 Å². The highest BCUT2D eigenvalue weighted by molar-refractivity contribution is 7.89. The molecule has 8 heteroatoms. The average molecular weight is 312 g/mol. The van der Waals surface area contributed by atoms with Crippen LogP contribution in [0.25, 0.3) is 0 Å². The third-order valence-corrected chi connectivity index (χ3v) is 5.18. The molecule has 1 fully saturated rings. The number of sulfonamides is 1. The van der Waals surface area contributed by atoms with Crippen LogP contribution < -0.4 is 5.32 Å². The predicted octanol–water partition coefficient (Wildman–Crippen LogP) is 0.150. The summed E-state index contributed by atoms with van der Waals surface area (Å²) in [5, 5.41) is 11.5. The van der Waals surface area contributed by atoms with Crippen LogP contribution in [-0.4, -0.2) is 55.1 Å². The maximum absolute atomic E-state index is 11.9. The van der Waals surface area contributed by atoms with E-state index in [1.165, 1.54) is 28.6 Å². The van der Waals surface area contributed by atoms with Gasteiger partial charge in [-0.3, -0.25) is 4.79 Å². The lowest BCUT2D eigenvalue weighted by atomic mass is 10.1. The van der Waals surface area contributed by atoms with Crippen molar-refractivity contribution >= 4 is 21.9 Å². The van der Waals surface area contributed by atoms with Crippen molar-refractivity contribution in [3.63, 3.8) is 0 Å². The molecule has 0 aromatic heterocycles. The molecule has 0 unspecified atom stereocenters. The first-order chi connectivity index (χ1) is 9.90. The number of carbonyl (C=O) groups excluding carboxylic acids is 1. The van der Waals surface area contributed by atoms with Crippen molar-refractivity contribution in [1.82, 2.24) is 9.62 Å². The standard InChI is InChI=1S/C13H16N2O5S/c16-12(10-3-1-4-11(9-10)13(17)18)14-5-7-15-6-2-8-21(15,19)20/h1,3-4,9H,2,5-8H2,(H,14,16)(H,17,18). The minimum absolute atomic E-state index is 0.0322. The van der Waals surface area contributed by atoms with Gasteiger partial charge in [-0.15, -0.1) is 0 Å². The van der Waals surface area contributed by atoms with Crippen molar-refractivity contribution in [3.8, 4) is 0 Å². The number of amides is 1. The van der Waals surface area contributed by atoms with Gasteiger partial charge < -0.3 is 10.4 Å². The van der Waals surface area contributed by atoms with Crippen LogP contribution in [0.3, 0.4) is 0 Å². The summed E-state index contributed by atoms with van der Waals surface area (Å²) in [6.45, 7) is 0.898. The van der Waals surface area contributed by atoms with E-state index in [4.69, 9.17) is 5.11 Å². The highest BCUT2D eigenvalue weighted by Gasteiger charge is 2.27. The van der Waals surface area contributed by atoms with Crippen LogP contribution >= 0.6 is 0 Å². The maximum atomic E-state index is 11.9. The van der Waals surface area contributed by atoms with Crippen LogP contribution in [0.1, 0.15) is 27.1 Å². The van der Waals surface area contributed by atoms with E-state index in [0.717, 1.165) is 0 Å². The van der Waals surface area contributed by atoms with E-state index in [0.29, 0.717) is 13.0 Å². The van der Waals surface area contributed by atoms with Gasteiger partial charge in [-0.05, 0) is 24.6 Å². The van der Waals surface area contributed by atoms with Crippen LogP contribution in [0.4, 0.5) is 0 Å². The van der Waals surface area contributed by atoms with Crippen molar-refractivity contribution in [2.24, 2.45) is 0 Å². The number of carboxylic acid groups (broad SMARTS) is 1. The van der Waals surface area contributed by atoms with Gasteiger partial charge in [0.1, 0.15) is 0 Å². The number of nitrogens with zero attached hydrogens (tertiary/aromatic N) is 1. The fraction of sp³-hybridized carbons (Fsp3) is 0.385. The smallest absolute Gasteiger partial charge is 0.335 e. The zero-order valence-corrected chi connectivity index (χ0v) is 12.1. The minimum Gasteiger partial charge on any atom is -0.478 e. The van der Waals surface area contributed by atoms with Gasteiger partial charge in [0.15, 0.2) is 0 Å². The Balaban J connectivity index is 1.90. The second-order valence-corrected chi connectivity index (χ2v) is 6.80. The van der Waals surface area contributed by atoms with Crippen molar-refractivity contribution in [1.29, 1.82) is 0 Å². The molecule has 0 atom stereocenters. The number of hydrogen-bond acceptors (Lipinski definition) is 4. The summed E-state index contributed by atoms with van der Waals surface area (Å²) in [7, 11) is -3.16. The molecule has 1 aromatic rings. The first kappa shape index (κ1) is 15.5. The second kappa shape index (κ2) is 6.23. The molecule has 1 aliphatic heterocycles. The molecule has 0 spiro atoms. The third-order valence-electron chi connectivity index (χ3n) is 3.22. The lowest BCUT2D eigenvalue weighted by Crippen LogP contribution is -2.35. The molecule has 0 saturated carbocycles. The molecule has 2 rings (SSSR count). The van der Waals surface area contributed by atoms with Crippen molar-refractivity contribution in [2.45, 2.75) is 6.42 Å². The van der Waals surface area contributed by atoms with Crippen molar-refractivity contribution in [2.75, 3.05) is 25.4 Å². The average Bonchev–Trinajstić information content (AvgIpc) is 2.78. The molecule has 2 N–H and O–H groups in total. The van der Waals surface area contributed by atoms with Gasteiger partial charge in [0.25, 0.3) is 5.91 Å². The molecule has 1 aromatic carbocycles. The fourth-order valence-electron chi connectivity index (χ4n) is 2.13. The van der Waals surface area contributed by atoms with Crippen LogP contribution in [0.2, 0.25) is 0 Å². The van der Waals surface area contributed by atoms with E-state index in [1.807, 2.05) is 0 Å². The van der Waals surface area contributed by atoms with E-state index < -0.39 is 21.9 Å². The minimum atomic E-state index is -3.16. The first-order valence-electron chi connectivity index (χ1n) is 6.49. The largest absolute Gasteiger partial charge is 0.478 e. The number of hydrogen-bond donors (Lipinski definition) is 2. The molecule has 7 nitrogen and oxygen atoms in total. The van der Waals surface area contributed by atoms with Gasteiger partial charge in [-0.1, -0.05) is 6.07 Å². The summed E-state index contributed by atoms with van der Waals surface area (Å²) in [5.74, 6) is -1.37. The Morgan fingerprint density at radius 3 is 2.62 bits per heavy atom. The Labute approximate surface area is 122 Å². The summed E-state index contributed by atoms with van der Waals surface area (Å²) in [4.78, 5) is 22.7. The molecule has 114 valence electrons. The molecule has 0 aliphatic carbocycles. The Kier molecular flexibility index (Phi) is 4.59. The number of benzene rings is 1. The zero-order chi connectivity index (χ0) is 15.5. The summed E-state index contributed by atoms with van der Waals surface area (Å²) in [5.41, 5.74) is 0.268. The molecule has 0 radical (unpaired) electrons. The van der Waals surface area contributed by atoms with Crippen molar-refractivity contribution < 1.29 is 23.1 Å². The number of carboxylic acids is 1. The zero-order valence-electron chi connectivity index (χ0n) is 11.3. The van der Waals surface area contributed by atoms with E-state index >= 15 is 0 Å². The van der Waals surface area contributed by atoms with Gasteiger partial charge in [-0.2, -0.15) is 0 Å². The lowest BCUT2D eigenvalue weighted by molar-refractivity contribution is 0.0697. The normalized spacial score (nSPS) is 17.5. The van der Waals surface area contributed by atoms with Gasteiger partial charge in [0.05, 0.1) is 11.3 Å². The van der Waals surface area contributed by atoms with Gasteiger partial charge >= 0.3 is 5.97 Å². The van der Waals surface area contributed by atoms with Crippen LogP contribution in [0.5, 0.6) is 0 Å². The number of rotatable bonds is 5. The molecule has 1 saturated heterocycles. The first-order valence-corrected chi connectivity index (χ1v) is 8.10. The van der Waals surface area contributed by atoms with E-state index in [2.05, 4.69) is 5.32 Å². The third kappa shape index (κ3) is 3.79. The molecule has 0 bridgehead atoms. The highest BCUT2D eigenvalue weighted by Crippen LogP contribution is 2.12. The number of aromatic carboxylic acids is 1. The molecular formula is C13H16N2O5S. The Morgan fingerprint density at radius 2 is 2.00 bits per heavy atom. The maximum Gasteiger partial charge on any atom is 0.335 e. The highest BCUT2D eigenvalue weighted by atomic mass is 32.2. The summed E-state index contributed by atoms with van der Waals surface area (Å²) in [6, 6.07) is 5.68. The lowest BCUT2D eigenvalue weighted by Gasteiger charge is -2.14. The van der Waals surface area contributed by atoms with E-state index in [9.17, 15) is 18.0 Å². The van der Waals surface area contributed by atoms with Gasteiger partial charge in [-0.25, -0.2) is 17.5 Å². The fourth-order valence-corrected chi connectivity index (χ4v) is 3.66. The number of carbonyl (C=O) groups is 2. The molecule has 1 aliphatic rings. The second-order valence-electron chi connectivity index (χ2n) is 4.71. The predicted molar refractivity (Wildman–Crippen MR) is 75.7 cm³/mol. The SMILES string of the molecule is O=C(O)c1cccc(C(=O)NCCN2CCCS2(=O)=O)c1. The molecule has 1 heterocycles. The van der Waals surface area contributed by atoms with Gasteiger partial charge in [0.2, 0.25) is 10.0 Å². The Hall–Kier alpha value is -1.93. The molecular weight excluding hydrogens is 296 g/mol. The summed E-state index contributed by atoms with van der Waals surface area (Å²) >= 11 is 0. The summed E-state index contributed by atoms with van der Waals surface area (Å²) in [6.07, 6.45) is 0.608. The van der Waals surface area contributed by atoms with Crippen molar-refractivity contribution in [3.05, 3.63) is 35.4 Å². The number of nitrogens with one attached hydrogen (secondary N) is 1. The summed E-state index contributed by atoms with van der Waals surface area (Å²) < 4.78 is 24.5. The van der Waals surface area contributed by atoms with Crippen LogP contribution in [0, 0.1) is 0 Å². The Bertz CT molecular complexity index is 656. The molecule has 1 amide bonds. The monoisotopic (exact) mass is 312 g/mol. The topological polar surface area (TPSA) is 104 Å². The van der Waals surface area contributed by atoms with Crippen LogP contribution in [-0.2, 0) is 10.0 Å². The quantitative estimate of drug-likeness (QED) is 0.805. The molecule has 21 heavy (non-hydrogen) atoms. The Morgan fingerprint density at radius 1 is 1.29 bits per heavy atom.